The molecule has 0 unspecified atom stereocenters. The van der Waals surface area contributed by atoms with E-state index in [1.165, 1.54) is 6.07 Å². The highest BCUT2D eigenvalue weighted by molar-refractivity contribution is 6.36. The van der Waals surface area contributed by atoms with Crippen molar-refractivity contribution < 1.29 is 13.9 Å². The van der Waals surface area contributed by atoms with Gasteiger partial charge < -0.3 is 10.1 Å². The number of hydrogen-bond acceptors (Lipinski definition) is 2. The summed E-state index contributed by atoms with van der Waals surface area (Å²) < 4.78 is 18.6. The number of rotatable bonds is 5. The molecule has 0 aromatic heterocycles. The van der Waals surface area contributed by atoms with Crippen LogP contribution in [0.1, 0.15) is 21.5 Å². The van der Waals surface area contributed by atoms with Crippen LogP contribution in [0, 0.1) is 5.82 Å². The van der Waals surface area contributed by atoms with Crippen LogP contribution in [0.4, 0.5) is 4.39 Å². The van der Waals surface area contributed by atoms with Crippen molar-refractivity contribution >= 4 is 29.1 Å². The minimum atomic E-state index is -0.684. The second kappa shape index (κ2) is 7.58. The van der Waals surface area contributed by atoms with Crippen molar-refractivity contribution in [3.05, 3.63) is 69.0 Å². The first kappa shape index (κ1) is 16.7. The van der Waals surface area contributed by atoms with Crippen molar-refractivity contribution in [2.75, 3.05) is 7.11 Å². The van der Waals surface area contributed by atoms with E-state index in [9.17, 15) is 9.18 Å². The molecule has 0 bridgehead atoms. The summed E-state index contributed by atoms with van der Waals surface area (Å²) in [6.45, 7) is 0.737. The summed E-state index contributed by atoms with van der Waals surface area (Å²) >= 11 is 11.5. The normalized spacial score (nSPS) is 10.5. The molecule has 0 atom stereocenters. The third-order valence-electron chi connectivity index (χ3n) is 3.11. The Morgan fingerprint density at radius 1 is 1.18 bits per heavy atom. The average molecular weight is 342 g/mol. The van der Waals surface area contributed by atoms with Gasteiger partial charge in [-0.25, -0.2) is 4.39 Å². The van der Waals surface area contributed by atoms with E-state index in [1.807, 2.05) is 24.3 Å². The monoisotopic (exact) mass is 341 g/mol. The number of nitrogens with one attached hydrogen (secondary N) is 1. The largest absolute Gasteiger partial charge is 0.380 e. The van der Waals surface area contributed by atoms with E-state index < -0.39 is 11.7 Å². The smallest absolute Gasteiger partial charge is 0.253 e. The van der Waals surface area contributed by atoms with Gasteiger partial charge in [0.15, 0.2) is 0 Å². The second-order valence-corrected chi connectivity index (χ2v) is 5.44. The molecule has 0 aliphatic carbocycles. The van der Waals surface area contributed by atoms with E-state index in [0.717, 1.165) is 17.2 Å². The van der Waals surface area contributed by atoms with Crippen molar-refractivity contribution in [3.8, 4) is 0 Å². The van der Waals surface area contributed by atoms with Crippen LogP contribution < -0.4 is 5.32 Å². The summed E-state index contributed by atoms with van der Waals surface area (Å²) in [5, 5.41) is 2.70. The van der Waals surface area contributed by atoms with Gasteiger partial charge in [0, 0.05) is 13.7 Å². The molecule has 0 saturated heterocycles. The SMILES string of the molecule is COCc1ccccc1CNC(=O)c1cc(F)c(Cl)cc1Cl. The van der Waals surface area contributed by atoms with Gasteiger partial charge in [-0.15, -0.1) is 0 Å². The van der Waals surface area contributed by atoms with Gasteiger partial charge in [0.25, 0.3) is 5.91 Å². The van der Waals surface area contributed by atoms with E-state index in [-0.39, 0.29) is 15.6 Å². The summed E-state index contributed by atoms with van der Waals surface area (Å²) in [6, 6.07) is 9.81. The number of carbonyl (C=O) groups is 1. The van der Waals surface area contributed by atoms with Crippen LogP contribution in [-0.2, 0) is 17.9 Å². The van der Waals surface area contributed by atoms with Gasteiger partial charge in [-0.2, -0.15) is 0 Å². The van der Waals surface area contributed by atoms with Gasteiger partial charge in [0.1, 0.15) is 5.82 Å². The first-order chi connectivity index (χ1) is 10.5. The first-order valence-corrected chi connectivity index (χ1v) is 7.27. The number of hydrogen-bond donors (Lipinski definition) is 1. The van der Waals surface area contributed by atoms with Crippen LogP contribution >= 0.6 is 23.2 Å². The molecule has 6 heteroatoms. The highest BCUT2D eigenvalue weighted by Gasteiger charge is 2.14. The predicted octanol–water partition coefficient (Wildman–Crippen LogP) is 4.21. The zero-order valence-electron chi connectivity index (χ0n) is 11.8. The maximum absolute atomic E-state index is 13.5. The molecule has 2 aromatic rings. The minimum Gasteiger partial charge on any atom is -0.380 e. The predicted molar refractivity (Wildman–Crippen MR) is 84.7 cm³/mol. The Morgan fingerprint density at radius 3 is 2.55 bits per heavy atom. The lowest BCUT2D eigenvalue weighted by Gasteiger charge is -2.11. The highest BCUT2D eigenvalue weighted by atomic mass is 35.5. The molecular weight excluding hydrogens is 328 g/mol. The van der Waals surface area contributed by atoms with Gasteiger partial charge in [-0.05, 0) is 23.3 Å². The molecule has 0 heterocycles. The Balaban J connectivity index is 2.12. The molecule has 0 radical (unpaired) electrons. The van der Waals surface area contributed by atoms with E-state index in [4.69, 9.17) is 27.9 Å². The summed E-state index contributed by atoms with van der Waals surface area (Å²) in [4.78, 5) is 12.1. The molecule has 22 heavy (non-hydrogen) atoms. The van der Waals surface area contributed by atoms with E-state index in [0.29, 0.717) is 13.2 Å². The number of halogens is 3. The minimum absolute atomic E-state index is 0.0489. The molecule has 2 aromatic carbocycles. The Hall–Kier alpha value is -1.62. The van der Waals surface area contributed by atoms with Crippen molar-refractivity contribution in [1.82, 2.24) is 5.32 Å². The fourth-order valence-corrected chi connectivity index (χ4v) is 2.46. The molecule has 0 aliphatic rings. The van der Waals surface area contributed by atoms with Crippen molar-refractivity contribution in [2.24, 2.45) is 0 Å². The lowest BCUT2D eigenvalue weighted by Crippen LogP contribution is -2.24. The molecule has 1 amide bonds. The molecular formula is C16H14Cl2FNO2. The molecule has 0 fully saturated rings. The molecule has 2 rings (SSSR count). The van der Waals surface area contributed by atoms with Crippen LogP contribution in [0.5, 0.6) is 0 Å². The van der Waals surface area contributed by atoms with Crippen LogP contribution in [0.2, 0.25) is 10.0 Å². The van der Waals surface area contributed by atoms with E-state index in [1.54, 1.807) is 7.11 Å². The molecule has 116 valence electrons. The summed E-state index contributed by atoms with van der Waals surface area (Å²) in [5.74, 6) is -1.15. The topological polar surface area (TPSA) is 38.3 Å². The van der Waals surface area contributed by atoms with Crippen LogP contribution in [0.3, 0.4) is 0 Å². The van der Waals surface area contributed by atoms with Gasteiger partial charge in [0.05, 0.1) is 22.2 Å². The van der Waals surface area contributed by atoms with Crippen molar-refractivity contribution in [1.29, 1.82) is 0 Å². The highest BCUT2D eigenvalue weighted by Crippen LogP contribution is 2.24. The second-order valence-electron chi connectivity index (χ2n) is 4.63. The summed E-state index contributed by atoms with van der Waals surface area (Å²) in [7, 11) is 1.60. The molecule has 0 spiro atoms. The molecule has 1 N–H and O–H groups in total. The van der Waals surface area contributed by atoms with Crippen LogP contribution in [0.15, 0.2) is 36.4 Å². The van der Waals surface area contributed by atoms with Gasteiger partial charge in [-0.1, -0.05) is 47.5 Å². The van der Waals surface area contributed by atoms with Gasteiger partial charge in [-0.3, -0.25) is 4.79 Å². The fraction of sp³-hybridized carbons (Fsp3) is 0.188. The Morgan fingerprint density at radius 2 is 1.86 bits per heavy atom. The van der Waals surface area contributed by atoms with Gasteiger partial charge in [0.2, 0.25) is 0 Å². The average Bonchev–Trinajstić information content (AvgIpc) is 2.50. The fourth-order valence-electron chi connectivity index (χ4n) is 1.99. The molecule has 0 saturated carbocycles. The quantitative estimate of drug-likeness (QED) is 0.827. The third-order valence-corrected chi connectivity index (χ3v) is 3.71. The Labute approximate surface area is 138 Å². The number of amides is 1. The Kier molecular flexibility index (Phi) is 5.77. The number of carbonyl (C=O) groups excluding carboxylic acids is 1. The van der Waals surface area contributed by atoms with E-state index >= 15 is 0 Å². The zero-order valence-corrected chi connectivity index (χ0v) is 13.3. The maximum atomic E-state index is 13.5. The maximum Gasteiger partial charge on any atom is 0.253 e. The van der Waals surface area contributed by atoms with E-state index in [2.05, 4.69) is 5.32 Å². The lowest BCUT2D eigenvalue weighted by molar-refractivity contribution is 0.0950. The Bertz CT molecular complexity index is 692. The number of ether oxygens (including phenoxy) is 1. The first-order valence-electron chi connectivity index (χ1n) is 6.51. The summed E-state index contributed by atoms with van der Waals surface area (Å²) in [5.41, 5.74) is 1.94. The zero-order chi connectivity index (χ0) is 16.1. The van der Waals surface area contributed by atoms with Crippen LogP contribution in [-0.4, -0.2) is 13.0 Å². The molecule has 0 aliphatic heterocycles. The van der Waals surface area contributed by atoms with Crippen molar-refractivity contribution in [3.63, 3.8) is 0 Å². The van der Waals surface area contributed by atoms with Crippen molar-refractivity contribution in [2.45, 2.75) is 13.2 Å². The van der Waals surface area contributed by atoms with Gasteiger partial charge >= 0.3 is 0 Å². The van der Waals surface area contributed by atoms with Crippen LogP contribution in [0.25, 0.3) is 0 Å². The third kappa shape index (κ3) is 3.97. The lowest BCUT2D eigenvalue weighted by atomic mass is 10.1. The number of benzene rings is 2. The summed E-state index contributed by atoms with van der Waals surface area (Å²) in [6.07, 6.45) is 0. The number of methoxy groups -OCH3 is 1. The standard InChI is InChI=1S/C16H14Cl2FNO2/c1-22-9-11-5-3-2-4-10(11)8-20-16(21)12-6-15(19)14(18)7-13(12)17/h2-7H,8-9H2,1H3,(H,20,21). The molecule has 3 nitrogen and oxygen atoms in total.